The first-order chi connectivity index (χ1) is 8.09. The van der Waals surface area contributed by atoms with Crippen LogP contribution in [-0.4, -0.2) is 23.5 Å². The quantitative estimate of drug-likeness (QED) is 0.849. The molecule has 1 fully saturated rings. The van der Waals surface area contributed by atoms with Crippen molar-refractivity contribution in [3.8, 4) is 0 Å². The molecule has 0 saturated carbocycles. The highest BCUT2D eigenvalue weighted by molar-refractivity contribution is 5.27. The van der Waals surface area contributed by atoms with Crippen molar-refractivity contribution in [2.75, 3.05) is 6.54 Å². The Labute approximate surface area is 105 Å². The molecule has 0 amide bonds. The average Bonchev–Trinajstić information content (AvgIpc) is 2.28. The number of hydrogen-bond donors (Lipinski definition) is 1. The Balaban J connectivity index is 2.31. The molecule has 1 aliphatic heterocycles. The van der Waals surface area contributed by atoms with E-state index in [1.165, 1.54) is 24.1 Å². The van der Waals surface area contributed by atoms with Crippen LogP contribution in [0.5, 0.6) is 0 Å². The molecule has 2 atom stereocenters. The number of aryl methyl sites for hydroxylation is 1. The van der Waals surface area contributed by atoms with Crippen LogP contribution in [0.1, 0.15) is 43.9 Å². The molecule has 2 rings (SSSR count). The van der Waals surface area contributed by atoms with E-state index in [1.54, 1.807) is 0 Å². The van der Waals surface area contributed by atoms with Crippen molar-refractivity contribution in [2.45, 2.75) is 51.7 Å². The van der Waals surface area contributed by atoms with E-state index in [4.69, 9.17) is 5.73 Å². The predicted octanol–water partition coefficient (Wildman–Crippen LogP) is 2.87. The summed E-state index contributed by atoms with van der Waals surface area (Å²) in [6, 6.07) is 10.0. The summed E-state index contributed by atoms with van der Waals surface area (Å²) in [6.45, 7) is 7.85. The maximum atomic E-state index is 6.35. The highest BCUT2D eigenvalue weighted by atomic mass is 15.2. The Hall–Kier alpha value is -0.860. The molecule has 17 heavy (non-hydrogen) atoms. The molecule has 1 aliphatic rings. The second-order valence-electron chi connectivity index (χ2n) is 5.50. The maximum Gasteiger partial charge on any atom is 0.0501 e. The smallest absolute Gasteiger partial charge is 0.0501 e. The molecule has 0 spiro atoms. The molecule has 0 bridgehead atoms. The average molecular weight is 232 g/mol. The van der Waals surface area contributed by atoms with Crippen molar-refractivity contribution in [2.24, 2.45) is 5.73 Å². The van der Waals surface area contributed by atoms with E-state index in [0.29, 0.717) is 12.1 Å². The molecule has 0 radical (unpaired) electrons. The molecule has 94 valence electrons. The van der Waals surface area contributed by atoms with Gasteiger partial charge in [0.2, 0.25) is 0 Å². The largest absolute Gasteiger partial charge is 0.326 e. The van der Waals surface area contributed by atoms with E-state index in [9.17, 15) is 0 Å². The Morgan fingerprint density at radius 3 is 2.76 bits per heavy atom. The fourth-order valence-electron chi connectivity index (χ4n) is 2.92. The molecule has 2 heteroatoms. The maximum absolute atomic E-state index is 6.35. The van der Waals surface area contributed by atoms with Gasteiger partial charge in [0.1, 0.15) is 0 Å². The van der Waals surface area contributed by atoms with Gasteiger partial charge in [-0.1, -0.05) is 29.8 Å². The third kappa shape index (κ3) is 2.70. The van der Waals surface area contributed by atoms with Gasteiger partial charge in [0.05, 0.1) is 6.04 Å². The van der Waals surface area contributed by atoms with Gasteiger partial charge in [0.25, 0.3) is 0 Å². The number of hydrogen-bond acceptors (Lipinski definition) is 2. The fraction of sp³-hybridized carbons (Fsp3) is 0.600. The van der Waals surface area contributed by atoms with E-state index in [1.807, 2.05) is 0 Å². The second-order valence-corrected chi connectivity index (χ2v) is 5.50. The highest BCUT2D eigenvalue weighted by Crippen LogP contribution is 2.31. The SMILES string of the molecule is Cc1cccc(C2C(N)CCCN2C(C)C)c1. The first-order valence-corrected chi connectivity index (χ1v) is 6.67. The number of likely N-dealkylation sites (tertiary alicyclic amines) is 1. The fourth-order valence-corrected chi connectivity index (χ4v) is 2.92. The summed E-state index contributed by atoms with van der Waals surface area (Å²) in [5.74, 6) is 0. The van der Waals surface area contributed by atoms with Crippen LogP contribution in [0.2, 0.25) is 0 Å². The Morgan fingerprint density at radius 1 is 1.35 bits per heavy atom. The summed E-state index contributed by atoms with van der Waals surface area (Å²) < 4.78 is 0. The van der Waals surface area contributed by atoms with Gasteiger partial charge in [0, 0.05) is 12.1 Å². The summed E-state index contributed by atoms with van der Waals surface area (Å²) in [4.78, 5) is 2.54. The molecule has 1 aromatic carbocycles. The van der Waals surface area contributed by atoms with E-state index in [2.05, 4.69) is 49.9 Å². The van der Waals surface area contributed by atoms with Gasteiger partial charge >= 0.3 is 0 Å². The first-order valence-electron chi connectivity index (χ1n) is 6.67. The zero-order valence-electron chi connectivity index (χ0n) is 11.2. The van der Waals surface area contributed by atoms with E-state index in [0.717, 1.165) is 6.42 Å². The van der Waals surface area contributed by atoms with Crippen LogP contribution in [0, 0.1) is 6.92 Å². The van der Waals surface area contributed by atoms with Gasteiger partial charge in [-0.25, -0.2) is 0 Å². The summed E-state index contributed by atoms with van der Waals surface area (Å²) in [5.41, 5.74) is 9.05. The van der Waals surface area contributed by atoms with Crippen molar-refractivity contribution >= 4 is 0 Å². The lowest BCUT2D eigenvalue weighted by Gasteiger charge is -2.42. The molecule has 1 heterocycles. The van der Waals surface area contributed by atoms with Gasteiger partial charge in [-0.2, -0.15) is 0 Å². The number of nitrogens with two attached hydrogens (primary N) is 1. The van der Waals surface area contributed by atoms with Gasteiger partial charge in [-0.15, -0.1) is 0 Å². The first kappa shape index (κ1) is 12.6. The number of rotatable bonds is 2. The van der Waals surface area contributed by atoms with Crippen LogP contribution in [-0.2, 0) is 0 Å². The Kier molecular flexibility index (Phi) is 3.85. The highest BCUT2D eigenvalue weighted by Gasteiger charge is 2.31. The summed E-state index contributed by atoms with van der Waals surface area (Å²) >= 11 is 0. The van der Waals surface area contributed by atoms with Crippen molar-refractivity contribution in [3.63, 3.8) is 0 Å². The molecule has 2 unspecified atom stereocenters. The minimum atomic E-state index is 0.271. The topological polar surface area (TPSA) is 29.3 Å². The van der Waals surface area contributed by atoms with Gasteiger partial charge in [-0.05, 0) is 45.7 Å². The summed E-state index contributed by atoms with van der Waals surface area (Å²) in [5, 5.41) is 0. The zero-order chi connectivity index (χ0) is 12.4. The van der Waals surface area contributed by atoms with Crippen LogP contribution < -0.4 is 5.73 Å². The minimum absolute atomic E-state index is 0.271. The summed E-state index contributed by atoms with van der Waals surface area (Å²) in [6.07, 6.45) is 2.36. The molecule has 0 aliphatic carbocycles. The molecule has 1 saturated heterocycles. The van der Waals surface area contributed by atoms with Crippen LogP contribution in [0.15, 0.2) is 24.3 Å². The van der Waals surface area contributed by atoms with Gasteiger partial charge in [0.15, 0.2) is 0 Å². The van der Waals surface area contributed by atoms with Crippen molar-refractivity contribution in [3.05, 3.63) is 35.4 Å². The van der Waals surface area contributed by atoms with E-state index in [-0.39, 0.29) is 6.04 Å². The van der Waals surface area contributed by atoms with Crippen molar-refractivity contribution < 1.29 is 0 Å². The van der Waals surface area contributed by atoms with Crippen molar-refractivity contribution in [1.82, 2.24) is 4.90 Å². The lowest BCUT2D eigenvalue weighted by atomic mass is 9.89. The number of piperidine rings is 1. The molecular weight excluding hydrogens is 208 g/mol. The lowest BCUT2D eigenvalue weighted by Crippen LogP contribution is -2.48. The molecule has 1 aromatic rings. The third-order valence-corrected chi connectivity index (χ3v) is 3.76. The standard InChI is InChI=1S/C15H24N2/c1-11(2)17-9-5-8-14(16)15(17)13-7-4-6-12(3)10-13/h4,6-7,10-11,14-15H,5,8-9,16H2,1-3H3. The van der Waals surface area contributed by atoms with Crippen molar-refractivity contribution in [1.29, 1.82) is 0 Å². The molecule has 2 nitrogen and oxygen atoms in total. The predicted molar refractivity (Wildman–Crippen MR) is 73.0 cm³/mol. The molecule has 0 aromatic heterocycles. The monoisotopic (exact) mass is 232 g/mol. The van der Waals surface area contributed by atoms with Crippen LogP contribution >= 0.6 is 0 Å². The van der Waals surface area contributed by atoms with Gasteiger partial charge < -0.3 is 5.73 Å². The summed E-state index contributed by atoms with van der Waals surface area (Å²) in [7, 11) is 0. The van der Waals surface area contributed by atoms with E-state index < -0.39 is 0 Å². The number of nitrogens with zero attached hydrogens (tertiary/aromatic N) is 1. The third-order valence-electron chi connectivity index (χ3n) is 3.76. The van der Waals surface area contributed by atoms with Gasteiger partial charge in [-0.3, -0.25) is 4.90 Å². The normalized spacial score (nSPS) is 26.4. The molecular formula is C15H24N2. The van der Waals surface area contributed by atoms with Crippen LogP contribution in [0.4, 0.5) is 0 Å². The Morgan fingerprint density at radius 2 is 2.12 bits per heavy atom. The van der Waals surface area contributed by atoms with Crippen LogP contribution in [0.25, 0.3) is 0 Å². The lowest BCUT2D eigenvalue weighted by molar-refractivity contribution is 0.0947. The van der Waals surface area contributed by atoms with E-state index >= 15 is 0 Å². The second kappa shape index (κ2) is 5.19. The minimum Gasteiger partial charge on any atom is -0.326 e. The molecule has 2 N–H and O–H groups in total. The Bertz CT molecular complexity index is 373. The zero-order valence-corrected chi connectivity index (χ0v) is 11.2. The van der Waals surface area contributed by atoms with Crippen LogP contribution in [0.3, 0.4) is 0 Å². The number of benzene rings is 1.